The number of rotatable bonds is 9. The molecule has 0 aromatic carbocycles. The molecule has 1 aliphatic heterocycles. The highest BCUT2D eigenvalue weighted by atomic mass is 32.2. The Morgan fingerprint density at radius 2 is 1.91 bits per heavy atom. The first kappa shape index (κ1) is 19.4. The molecule has 1 heterocycles. The lowest BCUT2D eigenvalue weighted by Crippen LogP contribution is -2.47. The summed E-state index contributed by atoms with van der Waals surface area (Å²) >= 11 is 0. The van der Waals surface area contributed by atoms with Crippen LogP contribution in [0.3, 0.4) is 0 Å². The summed E-state index contributed by atoms with van der Waals surface area (Å²) in [5, 5.41) is 0. The maximum Gasteiger partial charge on any atom is 0.237 e. The number of amides is 1. The molecule has 1 amide bonds. The van der Waals surface area contributed by atoms with Gasteiger partial charge in [0.15, 0.2) is 9.84 Å². The normalized spacial score (nSPS) is 20.7. The van der Waals surface area contributed by atoms with Crippen LogP contribution in [0.1, 0.15) is 53.4 Å². The van der Waals surface area contributed by atoms with E-state index in [4.69, 9.17) is 0 Å². The summed E-state index contributed by atoms with van der Waals surface area (Å²) in [5.41, 5.74) is 0. The number of carbonyl (C=O) groups is 1. The maximum absolute atomic E-state index is 12.6. The molecule has 22 heavy (non-hydrogen) atoms. The van der Waals surface area contributed by atoms with Gasteiger partial charge in [-0.1, -0.05) is 19.8 Å². The van der Waals surface area contributed by atoms with Crippen molar-refractivity contribution >= 4 is 15.7 Å². The van der Waals surface area contributed by atoms with Gasteiger partial charge in [-0.3, -0.25) is 9.69 Å². The first-order valence-corrected chi connectivity index (χ1v) is 10.4. The predicted octanol–water partition coefficient (Wildman–Crippen LogP) is 1.92. The Labute approximate surface area is 136 Å². The van der Waals surface area contributed by atoms with Gasteiger partial charge in [0.1, 0.15) is 0 Å². The largest absolute Gasteiger partial charge is 0.338 e. The van der Waals surface area contributed by atoms with E-state index in [-0.39, 0.29) is 23.5 Å². The SMILES string of the molecule is CCCCCN(CC(=O)N(CC)C1CCS(=O)(=O)C1)C(C)C. The van der Waals surface area contributed by atoms with Gasteiger partial charge >= 0.3 is 0 Å². The molecule has 0 radical (unpaired) electrons. The second kappa shape index (κ2) is 8.87. The van der Waals surface area contributed by atoms with Gasteiger partial charge in [-0.15, -0.1) is 0 Å². The minimum absolute atomic E-state index is 0.0646. The van der Waals surface area contributed by atoms with Crippen LogP contribution in [0.15, 0.2) is 0 Å². The molecule has 130 valence electrons. The van der Waals surface area contributed by atoms with Gasteiger partial charge in [0, 0.05) is 18.6 Å². The summed E-state index contributed by atoms with van der Waals surface area (Å²) < 4.78 is 23.3. The number of carbonyl (C=O) groups excluding carboxylic acids is 1. The zero-order chi connectivity index (χ0) is 16.8. The van der Waals surface area contributed by atoms with Crippen molar-refractivity contribution in [2.45, 2.75) is 65.5 Å². The van der Waals surface area contributed by atoms with Gasteiger partial charge in [0.05, 0.1) is 18.1 Å². The van der Waals surface area contributed by atoms with Gasteiger partial charge in [-0.25, -0.2) is 8.42 Å². The Balaban J connectivity index is 2.62. The molecule has 1 fully saturated rings. The monoisotopic (exact) mass is 332 g/mol. The Bertz CT molecular complexity index is 448. The predicted molar refractivity (Wildman–Crippen MR) is 90.7 cm³/mol. The van der Waals surface area contributed by atoms with Crippen LogP contribution in [0.5, 0.6) is 0 Å². The fourth-order valence-electron chi connectivity index (χ4n) is 3.01. The van der Waals surface area contributed by atoms with E-state index in [1.165, 1.54) is 12.8 Å². The van der Waals surface area contributed by atoms with Crippen molar-refractivity contribution in [3.63, 3.8) is 0 Å². The zero-order valence-electron chi connectivity index (χ0n) is 14.5. The molecule has 0 N–H and O–H groups in total. The van der Waals surface area contributed by atoms with E-state index in [2.05, 4.69) is 25.7 Å². The fourth-order valence-corrected chi connectivity index (χ4v) is 4.74. The molecule has 1 unspecified atom stereocenters. The van der Waals surface area contributed by atoms with Crippen LogP contribution < -0.4 is 0 Å². The summed E-state index contributed by atoms with van der Waals surface area (Å²) in [7, 11) is -2.95. The number of unbranched alkanes of at least 4 members (excludes halogenated alkanes) is 2. The molecule has 0 aliphatic carbocycles. The zero-order valence-corrected chi connectivity index (χ0v) is 15.4. The van der Waals surface area contributed by atoms with Crippen LogP contribution in [-0.2, 0) is 14.6 Å². The van der Waals surface area contributed by atoms with E-state index in [9.17, 15) is 13.2 Å². The van der Waals surface area contributed by atoms with Crippen LogP contribution in [0.2, 0.25) is 0 Å². The number of sulfone groups is 1. The highest BCUT2D eigenvalue weighted by Crippen LogP contribution is 2.18. The van der Waals surface area contributed by atoms with Crippen molar-refractivity contribution in [3.8, 4) is 0 Å². The van der Waals surface area contributed by atoms with Crippen LogP contribution in [-0.4, -0.2) is 67.3 Å². The first-order chi connectivity index (χ1) is 10.3. The lowest BCUT2D eigenvalue weighted by Gasteiger charge is -2.32. The van der Waals surface area contributed by atoms with E-state index in [1.54, 1.807) is 4.90 Å². The lowest BCUT2D eigenvalue weighted by atomic mass is 10.2. The smallest absolute Gasteiger partial charge is 0.237 e. The third-order valence-electron chi connectivity index (χ3n) is 4.43. The van der Waals surface area contributed by atoms with Crippen molar-refractivity contribution in [2.24, 2.45) is 0 Å². The molecule has 1 saturated heterocycles. The summed E-state index contributed by atoms with van der Waals surface area (Å²) in [5.74, 6) is 0.408. The Kier molecular flexibility index (Phi) is 7.83. The average Bonchev–Trinajstić information content (AvgIpc) is 2.78. The van der Waals surface area contributed by atoms with E-state index >= 15 is 0 Å². The third kappa shape index (κ3) is 5.88. The summed E-state index contributed by atoms with van der Waals surface area (Å²) in [6.07, 6.45) is 4.03. The second-order valence-corrected chi connectivity index (χ2v) is 8.74. The minimum atomic E-state index is -2.95. The first-order valence-electron chi connectivity index (χ1n) is 8.54. The molecule has 0 saturated carbocycles. The minimum Gasteiger partial charge on any atom is -0.338 e. The highest BCUT2D eigenvalue weighted by molar-refractivity contribution is 7.91. The lowest BCUT2D eigenvalue weighted by molar-refractivity contribution is -0.134. The standard InChI is InChI=1S/C16H32N2O3S/c1-5-7-8-10-17(14(3)4)12-16(19)18(6-2)15-9-11-22(20,21)13-15/h14-15H,5-13H2,1-4H3. The Morgan fingerprint density at radius 3 is 2.36 bits per heavy atom. The van der Waals surface area contributed by atoms with E-state index < -0.39 is 9.84 Å². The molecule has 1 aliphatic rings. The van der Waals surface area contributed by atoms with Gasteiger partial charge in [-0.2, -0.15) is 0 Å². The number of nitrogens with zero attached hydrogens (tertiary/aromatic N) is 2. The highest BCUT2D eigenvalue weighted by Gasteiger charge is 2.34. The van der Waals surface area contributed by atoms with Gasteiger partial charge in [0.25, 0.3) is 0 Å². The van der Waals surface area contributed by atoms with Crippen molar-refractivity contribution in [1.82, 2.24) is 9.80 Å². The van der Waals surface area contributed by atoms with Crippen molar-refractivity contribution in [2.75, 3.05) is 31.1 Å². The molecule has 5 nitrogen and oxygen atoms in total. The van der Waals surface area contributed by atoms with E-state index in [0.717, 1.165) is 13.0 Å². The van der Waals surface area contributed by atoms with Crippen LogP contribution in [0, 0.1) is 0 Å². The molecular formula is C16H32N2O3S. The van der Waals surface area contributed by atoms with Crippen LogP contribution in [0.25, 0.3) is 0 Å². The molecule has 1 rings (SSSR count). The van der Waals surface area contributed by atoms with Gasteiger partial charge in [0.2, 0.25) is 5.91 Å². The Morgan fingerprint density at radius 1 is 1.23 bits per heavy atom. The Hall–Kier alpha value is -0.620. The number of likely N-dealkylation sites (N-methyl/N-ethyl adjacent to an activating group) is 1. The van der Waals surface area contributed by atoms with Crippen LogP contribution >= 0.6 is 0 Å². The van der Waals surface area contributed by atoms with Crippen molar-refractivity contribution in [1.29, 1.82) is 0 Å². The quantitative estimate of drug-likeness (QED) is 0.605. The number of hydrogen-bond acceptors (Lipinski definition) is 4. The maximum atomic E-state index is 12.6. The van der Waals surface area contributed by atoms with E-state index in [0.29, 0.717) is 25.6 Å². The second-order valence-electron chi connectivity index (χ2n) is 6.51. The van der Waals surface area contributed by atoms with Crippen molar-refractivity contribution < 1.29 is 13.2 Å². The topological polar surface area (TPSA) is 57.7 Å². The molecule has 0 spiro atoms. The molecule has 0 aromatic rings. The van der Waals surface area contributed by atoms with Crippen molar-refractivity contribution in [3.05, 3.63) is 0 Å². The molecule has 0 aromatic heterocycles. The third-order valence-corrected chi connectivity index (χ3v) is 6.18. The van der Waals surface area contributed by atoms with Crippen LogP contribution in [0.4, 0.5) is 0 Å². The number of hydrogen-bond donors (Lipinski definition) is 0. The molecule has 1 atom stereocenters. The van der Waals surface area contributed by atoms with E-state index in [1.807, 2.05) is 6.92 Å². The molecule has 6 heteroatoms. The van der Waals surface area contributed by atoms with Gasteiger partial charge in [-0.05, 0) is 40.2 Å². The molecular weight excluding hydrogens is 300 g/mol. The summed E-state index contributed by atoms with van der Waals surface area (Å²) in [4.78, 5) is 16.6. The fraction of sp³-hybridized carbons (Fsp3) is 0.938. The average molecular weight is 333 g/mol. The summed E-state index contributed by atoms with van der Waals surface area (Å²) in [6, 6.07) is 0.193. The molecule has 0 bridgehead atoms. The summed E-state index contributed by atoms with van der Waals surface area (Å²) in [6.45, 7) is 10.2. The van der Waals surface area contributed by atoms with Gasteiger partial charge < -0.3 is 4.90 Å².